The van der Waals surface area contributed by atoms with Gasteiger partial charge in [0.2, 0.25) is 0 Å². The largest absolute Gasteiger partial charge is 0.456 e. The molecule has 172 valence electrons. The van der Waals surface area contributed by atoms with Crippen LogP contribution < -0.4 is 0 Å². The van der Waals surface area contributed by atoms with E-state index in [1.54, 1.807) is 0 Å². The van der Waals surface area contributed by atoms with Crippen LogP contribution in [-0.4, -0.2) is 0 Å². The molecule has 0 aliphatic heterocycles. The van der Waals surface area contributed by atoms with Crippen LogP contribution in [0.15, 0.2) is 138 Å². The van der Waals surface area contributed by atoms with Crippen LogP contribution in [0.4, 0.5) is 0 Å². The predicted octanol–water partition coefficient (Wildman–Crippen LogP) is 10.4. The molecule has 7 aromatic carbocycles. The van der Waals surface area contributed by atoms with Crippen LogP contribution in [0.1, 0.15) is 1.37 Å². The highest BCUT2D eigenvalue weighted by atomic mass is 16.3. The quantitative estimate of drug-likeness (QED) is 0.229. The van der Waals surface area contributed by atoms with Crippen molar-refractivity contribution >= 4 is 54.3 Å². The Labute approximate surface area is 215 Å². The molecule has 0 saturated heterocycles. The Morgan fingerprint density at radius 3 is 1.92 bits per heavy atom. The van der Waals surface area contributed by atoms with Gasteiger partial charge in [-0.1, -0.05) is 115 Å². The second kappa shape index (κ2) is 7.81. The van der Waals surface area contributed by atoms with Gasteiger partial charge in [-0.25, -0.2) is 0 Å². The Kier molecular flexibility index (Phi) is 4.08. The lowest BCUT2D eigenvalue weighted by Gasteiger charge is -2.18. The van der Waals surface area contributed by atoms with Crippen molar-refractivity contribution in [2.45, 2.75) is 0 Å². The first-order valence-corrected chi connectivity index (χ1v) is 12.6. The predicted molar refractivity (Wildman–Crippen MR) is 157 cm³/mol. The smallest absolute Gasteiger partial charge is 0.136 e. The first-order valence-electron chi connectivity index (χ1n) is 13.1. The van der Waals surface area contributed by atoms with E-state index in [-0.39, 0.29) is 0 Å². The summed E-state index contributed by atoms with van der Waals surface area (Å²) in [4.78, 5) is 0. The van der Waals surface area contributed by atoms with Crippen LogP contribution in [0.2, 0.25) is 0 Å². The first kappa shape index (κ1) is 19.3. The molecule has 0 saturated carbocycles. The molecule has 1 heterocycles. The number of hydrogen-bond donors (Lipinski definition) is 0. The number of hydrogen-bond acceptors (Lipinski definition) is 1. The molecule has 8 rings (SSSR count). The van der Waals surface area contributed by atoms with Gasteiger partial charge >= 0.3 is 0 Å². The summed E-state index contributed by atoms with van der Waals surface area (Å²) in [6.45, 7) is 0. The third kappa shape index (κ3) is 2.98. The van der Waals surface area contributed by atoms with Gasteiger partial charge in [-0.2, -0.15) is 0 Å². The summed E-state index contributed by atoms with van der Waals surface area (Å²) in [5.74, 6) is 0. The standard InChI is InChI=1S/C36H22O/c1-2-11-23(12-3-1)34-26-15-6-8-17-28(26)35(29-18-9-7-16-27(29)34)30-19-10-20-32-36(30)31-21-24-13-4-5-14-25(24)22-33(31)37-32/h1-22H/i17D. The molecule has 1 heteroatoms. The molecule has 0 unspecified atom stereocenters. The van der Waals surface area contributed by atoms with Gasteiger partial charge in [0, 0.05) is 10.8 Å². The molecule has 1 aromatic heterocycles. The van der Waals surface area contributed by atoms with Crippen LogP contribution in [-0.2, 0) is 0 Å². The molecule has 0 atom stereocenters. The first-order chi connectivity index (χ1) is 18.8. The van der Waals surface area contributed by atoms with Gasteiger partial charge in [0.15, 0.2) is 0 Å². The minimum atomic E-state index is 0.524. The zero-order valence-corrected chi connectivity index (χ0v) is 20.0. The molecule has 0 N–H and O–H groups in total. The maximum absolute atomic E-state index is 9.11. The Morgan fingerprint density at radius 1 is 0.459 bits per heavy atom. The lowest BCUT2D eigenvalue weighted by atomic mass is 9.85. The van der Waals surface area contributed by atoms with Crippen molar-refractivity contribution in [1.29, 1.82) is 0 Å². The van der Waals surface area contributed by atoms with E-state index in [2.05, 4.69) is 103 Å². The molecular formula is C36H22O. The fourth-order valence-corrected chi connectivity index (χ4v) is 5.97. The third-order valence-electron chi connectivity index (χ3n) is 7.54. The fraction of sp³-hybridized carbons (Fsp3) is 0. The van der Waals surface area contributed by atoms with Crippen LogP contribution >= 0.6 is 0 Å². The Balaban J connectivity index is 1.59. The highest BCUT2D eigenvalue weighted by molar-refractivity contribution is 6.26. The Morgan fingerprint density at radius 2 is 1.11 bits per heavy atom. The number of benzene rings is 7. The molecule has 8 aromatic rings. The van der Waals surface area contributed by atoms with Gasteiger partial charge in [-0.3, -0.25) is 0 Å². The second-order valence-electron chi connectivity index (χ2n) is 9.60. The van der Waals surface area contributed by atoms with Crippen LogP contribution in [0.3, 0.4) is 0 Å². The number of furan rings is 1. The SMILES string of the molecule is [2H]c1cccc2c(-c3ccccc3)c3ccccc3c(-c3cccc4oc5cc6ccccc6cc5c34)c12. The molecule has 37 heavy (non-hydrogen) atoms. The highest BCUT2D eigenvalue weighted by Crippen LogP contribution is 2.47. The zero-order chi connectivity index (χ0) is 25.2. The van der Waals surface area contributed by atoms with Crippen LogP contribution in [0.25, 0.3) is 76.5 Å². The van der Waals surface area contributed by atoms with Crippen molar-refractivity contribution in [3.63, 3.8) is 0 Å². The molecule has 1 nitrogen and oxygen atoms in total. The molecule has 0 aliphatic carbocycles. The van der Waals surface area contributed by atoms with Crippen molar-refractivity contribution in [2.24, 2.45) is 0 Å². The van der Waals surface area contributed by atoms with E-state index in [0.29, 0.717) is 6.04 Å². The van der Waals surface area contributed by atoms with Crippen molar-refractivity contribution in [1.82, 2.24) is 0 Å². The molecule has 0 fully saturated rings. The Bertz CT molecular complexity index is 2190. The molecular weight excluding hydrogens is 448 g/mol. The third-order valence-corrected chi connectivity index (χ3v) is 7.54. The van der Waals surface area contributed by atoms with Gasteiger partial charge in [-0.05, 0) is 72.8 Å². The number of rotatable bonds is 2. The van der Waals surface area contributed by atoms with E-state index >= 15 is 0 Å². The van der Waals surface area contributed by atoms with Crippen molar-refractivity contribution in [2.75, 3.05) is 0 Å². The summed E-state index contributed by atoms with van der Waals surface area (Å²) in [5, 5.41) is 8.92. The Hall–Kier alpha value is -4.88. The van der Waals surface area contributed by atoms with Crippen molar-refractivity contribution in [3.8, 4) is 22.3 Å². The topological polar surface area (TPSA) is 13.1 Å². The highest BCUT2D eigenvalue weighted by Gasteiger charge is 2.20. The van der Waals surface area contributed by atoms with E-state index in [1.165, 1.54) is 16.3 Å². The van der Waals surface area contributed by atoms with E-state index in [0.717, 1.165) is 60.2 Å². The monoisotopic (exact) mass is 471 g/mol. The van der Waals surface area contributed by atoms with Crippen LogP contribution in [0, 0.1) is 0 Å². The average Bonchev–Trinajstić information content (AvgIpc) is 3.33. The maximum Gasteiger partial charge on any atom is 0.136 e. The van der Waals surface area contributed by atoms with Crippen LogP contribution in [0.5, 0.6) is 0 Å². The second-order valence-corrected chi connectivity index (χ2v) is 9.60. The zero-order valence-electron chi connectivity index (χ0n) is 21.0. The molecule has 0 radical (unpaired) electrons. The molecule has 0 amide bonds. The lowest BCUT2D eigenvalue weighted by Crippen LogP contribution is -1.91. The van der Waals surface area contributed by atoms with Crippen molar-refractivity contribution < 1.29 is 5.79 Å². The average molecular weight is 472 g/mol. The van der Waals surface area contributed by atoms with E-state index < -0.39 is 0 Å². The fourth-order valence-electron chi connectivity index (χ4n) is 5.97. The molecule has 0 spiro atoms. The minimum absolute atomic E-state index is 0.524. The summed E-state index contributed by atoms with van der Waals surface area (Å²) in [6, 6.07) is 44.8. The summed E-state index contributed by atoms with van der Waals surface area (Å²) in [6.07, 6.45) is 0. The summed E-state index contributed by atoms with van der Waals surface area (Å²) in [5.41, 5.74) is 6.25. The summed E-state index contributed by atoms with van der Waals surface area (Å²) in [7, 11) is 0. The van der Waals surface area contributed by atoms with E-state index in [4.69, 9.17) is 5.79 Å². The maximum atomic E-state index is 9.11. The van der Waals surface area contributed by atoms with Gasteiger partial charge in [0.05, 0.1) is 1.37 Å². The van der Waals surface area contributed by atoms with Gasteiger partial charge in [0.1, 0.15) is 11.2 Å². The summed E-state index contributed by atoms with van der Waals surface area (Å²) < 4.78 is 15.5. The number of fused-ring (bicyclic) bond motifs is 6. The molecule has 0 aliphatic rings. The van der Waals surface area contributed by atoms with Gasteiger partial charge in [0.25, 0.3) is 0 Å². The van der Waals surface area contributed by atoms with Gasteiger partial charge in [-0.15, -0.1) is 0 Å². The van der Waals surface area contributed by atoms with Crippen molar-refractivity contribution in [3.05, 3.63) is 133 Å². The van der Waals surface area contributed by atoms with E-state index in [1.807, 2.05) is 24.3 Å². The lowest BCUT2D eigenvalue weighted by molar-refractivity contribution is 0.669. The minimum Gasteiger partial charge on any atom is -0.456 e. The normalized spacial score (nSPS) is 12.2. The van der Waals surface area contributed by atoms with E-state index in [9.17, 15) is 0 Å². The van der Waals surface area contributed by atoms with Gasteiger partial charge < -0.3 is 4.42 Å². The molecule has 0 bridgehead atoms. The summed E-state index contributed by atoms with van der Waals surface area (Å²) >= 11 is 0.